The van der Waals surface area contributed by atoms with Crippen molar-refractivity contribution >= 4 is 5.78 Å². The highest BCUT2D eigenvalue weighted by Crippen LogP contribution is 2.35. The smallest absolute Gasteiger partial charge is 0.155 e. The van der Waals surface area contributed by atoms with Crippen molar-refractivity contribution in [2.75, 3.05) is 13.2 Å². The molecule has 0 radical (unpaired) electrons. The third-order valence-electron chi connectivity index (χ3n) is 5.03. The second-order valence-electron chi connectivity index (χ2n) is 7.30. The second kappa shape index (κ2) is 9.65. The Hall–Kier alpha value is -2.20. The first-order chi connectivity index (χ1) is 13.1. The van der Waals surface area contributed by atoms with E-state index in [1.54, 1.807) is 12.1 Å². The number of carbonyl (C=O) groups excluding carboxylic acids is 1. The van der Waals surface area contributed by atoms with Crippen LogP contribution in [0.5, 0.6) is 5.75 Å². The van der Waals surface area contributed by atoms with Crippen molar-refractivity contribution in [3.05, 3.63) is 65.5 Å². The van der Waals surface area contributed by atoms with Crippen molar-refractivity contribution in [2.45, 2.75) is 51.0 Å². The number of halogens is 1. The van der Waals surface area contributed by atoms with Gasteiger partial charge in [0.15, 0.2) is 5.78 Å². The molecule has 0 aliphatic heterocycles. The summed E-state index contributed by atoms with van der Waals surface area (Å²) in [7, 11) is 0. The number of ether oxygens (including phenoxy) is 2. The Morgan fingerprint density at radius 2 is 1.81 bits per heavy atom. The molecule has 0 amide bonds. The molecular formula is C23H27FO3. The number of hydrogen-bond donors (Lipinski definition) is 0. The maximum absolute atomic E-state index is 13.0. The van der Waals surface area contributed by atoms with Gasteiger partial charge in [0.2, 0.25) is 0 Å². The first kappa shape index (κ1) is 19.6. The average Bonchev–Trinajstić information content (AvgIpc) is 2.68. The minimum Gasteiger partial charge on any atom is -0.490 e. The van der Waals surface area contributed by atoms with E-state index in [9.17, 15) is 9.18 Å². The Balaban J connectivity index is 1.51. The van der Waals surface area contributed by atoms with Crippen LogP contribution < -0.4 is 4.74 Å². The maximum atomic E-state index is 13.0. The summed E-state index contributed by atoms with van der Waals surface area (Å²) in [4.78, 5) is 10.9. The van der Waals surface area contributed by atoms with Crippen molar-refractivity contribution < 1.29 is 18.7 Å². The van der Waals surface area contributed by atoms with Crippen LogP contribution in [0.15, 0.2) is 48.5 Å². The van der Waals surface area contributed by atoms with Gasteiger partial charge in [-0.05, 0) is 80.3 Å². The van der Waals surface area contributed by atoms with Gasteiger partial charge in [-0.25, -0.2) is 4.39 Å². The summed E-state index contributed by atoms with van der Waals surface area (Å²) in [5.74, 6) is 1.05. The second-order valence-corrected chi connectivity index (χ2v) is 7.30. The molecule has 1 aliphatic carbocycles. The van der Waals surface area contributed by atoms with E-state index in [4.69, 9.17) is 9.47 Å². The molecule has 1 aliphatic rings. The van der Waals surface area contributed by atoms with Gasteiger partial charge in [0, 0.05) is 0 Å². The van der Waals surface area contributed by atoms with Crippen LogP contribution >= 0.6 is 0 Å². The van der Waals surface area contributed by atoms with Gasteiger partial charge in [0.25, 0.3) is 0 Å². The predicted molar refractivity (Wildman–Crippen MR) is 104 cm³/mol. The molecule has 0 aromatic heterocycles. The van der Waals surface area contributed by atoms with E-state index in [2.05, 4.69) is 24.3 Å². The van der Waals surface area contributed by atoms with E-state index in [1.165, 1.54) is 36.6 Å². The van der Waals surface area contributed by atoms with Crippen molar-refractivity contribution in [1.29, 1.82) is 0 Å². The zero-order valence-corrected chi connectivity index (χ0v) is 15.8. The van der Waals surface area contributed by atoms with Crippen LogP contribution in [0.25, 0.3) is 0 Å². The van der Waals surface area contributed by atoms with E-state index in [0.29, 0.717) is 12.5 Å². The van der Waals surface area contributed by atoms with Crippen LogP contribution in [0, 0.1) is 5.82 Å². The first-order valence-corrected chi connectivity index (χ1v) is 9.68. The van der Waals surface area contributed by atoms with Crippen molar-refractivity contribution in [3.8, 4) is 5.75 Å². The molecule has 144 valence electrons. The summed E-state index contributed by atoms with van der Waals surface area (Å²) < 4.78 is 24.4. The maximum Gasteiger partial charge on any atom is 0.155 e. The highest BCUT2D eigenvalue weighted by atomic mass is 19.1. The summed E-state index contributed by atoms with van der Waals surface area (Å²) in [6.07, 6.45) is 5.32. The molecule has 0 heterocycles. The Morgan fingerprint density at radius 1 is 1.07 bits per heavy atom. The molecule has 2 aromatic rings. The van der Waals surface area contributed by atoms with Gasteiger partial charge in [-0.15, -0.1) is 0 Å². The number of benzene rings is 2. The fraction of sp³-hybridized carbons (Fsp3) is 0.435. The van der Waals surface area contributed by atoms with Gasteiger partial charge in [-0.2, -0.15) is 0 Å². The van der Waals surface area contributed by atoms with Crippen LogP contribution in [-0.2, 0) is 16.0 Å². The normalized spacial score (nSPS) is 19.6. The van der Waals surface area contributed by atoms with E-state index in [-0.39, 0.29) is 24.3 Å². The summed E-state index contributed by atoms with van der Waals surface area (Å²) in [5, 5.41) is 0. The number of ketones is 1. The molecule has 1 saturated carbocycles. The van der Waals surface area contributed by atoms with Crippen LogP contribution in [-0.4, -0.2) is 25.1 Å². The molecule has 0 bridgehead atoms. The molecule has 0 N–H and O–H groups in total. The Bertz CT molecular complexity index is 724. The highest BCUT2D eigenvalue weighted by molar-refractivity contribution is 5.76. The summed E-state index contributed by atoms with van der Waals surface area (Å²) in [6.45, 7) is 2.29. The number of carbonyl (C=O) groups is 1. The lowest BCUT2D eigenvalue weighted by Gasteiger charge is -2.30. The van der Waals surface area contributed by atoms with Gasteiger partial charge in [0.1, 0.15) is 18.2 Å². The summed E-state index contributed by atoms with van der Waals surface area (Å²) in [6, 6.07) is 15.0. The molecule has 0 spiro atoms. The molecule has 27 heavy (non-hydrogen) atoms. The van der Waals surface area contributed by atoms with Crippen molar-refractivity contribution in [3.63, 3.8) is 0 Å². The first-order valence-electron chi connectivity index (χ1n) is 9.68. The molecule has 2 unspecified atom stereocenters. The molecule has 1 fully saturated rings. The van der Waals surface area contributed by atoms with E-state index >= 15 is 0 Å². The summed E-state index contributed by atoms with van der Waals surface area (Å²) in [5.41, 5.74) is 2.56. The lowest BCUT2D eigenvalue weighted by molar-refractivity contribution is -0.121. The fourth-order valence-electron chi connectivity index (χ4n) is 3.62. The third-order valence-corrected chi connectivity index (χ3v) is 5.03. The van der Waals surface area contributed by atoms with Gasteiger partial charge in [-0.3, -0.25) is 4.79 Å². The van der Waals surface area contributed by atoms with Gasteiger partial charge in [0.05, 0.1) is 12.7 Å². The molecule has 2 atom stereocenters. The van der Waals surface area contributed by atoms with E-state index in [0.717, 1.165) is 31.4 Å². The zero-order chi connectivity index (χ0) is 19.1. The average molecular weight is 370 g/mol. The zero-order valence-electron chi connectivity index (χ0n) is 15.8. The van der Waals surface area contributed by atoms with Crippen LogP contribution in [0.2, 0.25) is 0 Å². The SMILES string of the molecule is CC(=O)COCCc1ccc(C2CCCC(Oc3ccc(F)cc3)C2)cc1. The van der Waals surface area contributed by atoms with Gasteiger partial charge in [-0.1, -0.05) is 24.3 Å². The minimum atomic E-state index is -0.240. The summed E-state index contributed by atoms with van der Waals surface area (Å²) >= 11 is 0. The number of hydrogen-bond acceptors (Lipinski definition) is 3. The topological polar surface area (TPSA) is 35.5 Å². The van der Waals surface area contributed by atoms with Crippen molar-refractivity contribution in [2.24, 2.45) is 0 Å². The lowest BCUT2D eigenvalue weighted by Crippen LogP contribution is -2.24. The molecule has 0 saturated heterocycles. The van der Waals surface area contributed by atoms with Gasteiger partial charge < -0.3 is 9.47 Å². The predicted octanol–water partition coefficient (Wildman–Crippen LogP) is 5.08. The quantitative estimate of drug-likeness (QED) is 0.608. The Morgan fingerprint density at radius 3 is 2.52 bits per heavy atom. The Labute approximate surface area is 160 Å². The van der Waals surface area contributed by atoms with Crippen LogP contribution in [0.4, 0.5) is 4.39 Å². The number of rotatable bonds is 8. The van der Waals surface area contributed by atoms with Crippen LogP contribution in [0.1, 0.15) is 49.7 Å². The van der Waals surface area contributed by atoms with Crippen molar-refractivity contribution in [1.82, 2.24) is 0 Å². The highest BCUT2D eigenvalue weighted by Gasteiger charge is 2.24. The van der Waals surface area contributed by atoms with Crippen LogP contribution in [0.3, 0.4) is 0 Å². The number of Topliss-reactive ketones (excluding diaryl/α,β-unsaturated/α-hetero) is 1. The van der Waals surface area contributed by atoms with E-state index < -0.39 is 0 Å². The molecule has 2 aromatic carbocycles. The monoisotopic (exact) mass is 370 g/mol. The third kappa shape index (κ3) is 6.17. The molecule has 4 heteroatoms. The standard InChI is InChI=1S/C23H27FO3/c1-17(25)16-26-14-13-18-5-7-19(8-6-18)20-3-2-4-23(15-20)27-22-11-9-21(24)10-12-22/h5-12,20,23H,2-4,13-16H2,1H3. The molecule has 3 nitrogen and oxygen atoms in total. The Kier molecular flexibility index (Phi) is 6.99. The molecule has 3 rings (SSSR count). The van der Waals surface area contributed by atoms with E-state index in [1.807, 2.05) is 0 Å². The largest absolute Gasteiger partial charge is 0.490 e. The lowest BCUT2D eigenvalue weighted by atomic mass is 9.82. The minimum absolute atomic E-state index is 0.0556. The van der Waals surface area contributed by atoms with Gasteiger partial charge >= 0.3 is 0 Å². The fourth-order valence-corrected chi connectivity index (χ4v) is 3.62. The molecular weight excluding hydrogens is 343 g/mol.